The maximum atomic E-state index is 13.4. The van der Waals surface area contributed by atoms with E-state index in [9.17, 15) is 4.39 Å². The van der Waals surface area contributed by atoms with Crippen LogP contribution >= 0.6 is 11.3 Å². The van der Waals surface area contributed by atoms with Crippen molar-refractivity contribution in [1.82, 2.24) is 0 Å². The maximum Gasteiger partial charge on any atom is 0.126 e. The van der Waals surface area contributed by atoms with E-state index in [1.807, 2.05) is 24.4 Å². The van der Waals surface area contributed by atoms with Gasteiger partial charge in [0.15, 0.2) is 0 Å². The zero-order valence-corrected chi connectivity index (χ0v) is 9.93. The van der Waals surface area contributed by atoms with Gasteiger partial charge >= 0.3 is 0 Å². The monoisotopic (exact) mass is 235 g/mol. The lowest BCUT2D eigenvalue weighted by molar-refractivity contribution is 0.594. The Bertz CT molecular complexity index is 478. The quantitative estimate of drug-likeness (QED) is 0.866. The first-order valence-corrected chi connectivity index (χ1v) is 6.09. The summed E-state index contributed by atoms with van der Waals surface area (Å²) in [6.45, 7) is 2.03. The second-order valence-corrected chi connectivity index (χ2v) is 4.82. The van der Waals surface area contributed by atoms with E-state index < -0.39 is 0 Å². The highest BCUT2D eigenvalue weighted by atomic mass is 32.1. The SMILES string of the molecule is Cc1ccsc1C(N)Cc1ccccc1F. The van der Waals surface area contributed by atoms with Gasteiger partial charge in [-0.15, -0.1) is 11.3 Å². The zero-order chi connectivity index (χ0) is 11.5. The van der Waals surface area contributed by atoms with Gasteiger partial charge < -0.3 is 5.73 Å². The minimum atomic E-state index is -0.174. The number of benzene rings is 1. The summed E-state index contributed by atoms with van der Waals surface area (Å²) in [6, 6.07) is 8.73. The van der Waals surface area contributed by atoms with Gasteiger partial charge in [-0.05, 0) is 42.0 Å². The van der Waals surface area contributed by atoms with Crippen molar-refractivity contribution in [3.63, 3.8) is 0 Å². The summed E-state index contributed by atoms with van der Waals surface area (Å²) < 4.78 is 13.4. The molecule has 3 heteroatoms. The van der Waals surface area contributed by atoms with Gasteiger partial charge in [0.25, 0.3) is 0 Å². The fourth-order valence-electron chi connectivity index (χ4n) is 1.76. The van der Waals surface area contributed by atoms with E-state index in [4.69, 9.17) is 5.73 Å². The molecule has 0 aliphatic rings. The van der Waals surface area contributed by atoms with Gasteiger partial charge in [-0.3, -0.25) is 0 Å². The van der Waals surface area contributed by atoms with Crippen molar-refractivity contribution in [3.8, 4) is 0 Å². The summed E-state index contributed by atoms with van der Waals surface area (Å²) in [4.78, 5) is 1.14. The van der Waals surface area contributed by atoms with Crippen LogP contribution in [0.15, 0.2) is 35.7 Å². The average molecular weight is 235 g/mol. The first-order chi connectivity index (χ1) is 7.68. The Balaban J connectivity index is 2.17. The van der Waals surface area contributed by atoms with Crippen LogP contribution in [0.5, 0.6) is 0 Å². The number of rotatable bonds is 3. The fraction of sp³-hybridized carbons (Fsp3) is 0.231. The molecule has 84 valence electrons. The van der Waals surface area contributed by atoms with Crippen LogP contribution in [0.25, 0.3) is 0 Å². The van der Waals surface area contributed by atoms with Gasteiger partial charge in [0.1, 0.15) is 5.82 Å². The van der Waals surface area contributed by atoms with Crippen LogP contribution in [0.1, 0.15) is 22.0 Å². The lowest BCUT2D eigenvalue weighted by Crippen LogP contribution is -2.13. The van der Waals surface area contributed by atoms with Gasteiger partial charge in [0.05, 0.1) is 0 Å². The molecule has 0 radical (unpaired) electrons. The molecule has 1 heterocycles. The van der Waals surface area contributed by atoms with Gasteiger partial charge in [-0.25, -0.2) is 4.39 Å². The fourth-order valence-corrected chi connectivity index (χ4v) is 2.69. The summed E-state index contributed by atoms with van der Waals surface area (Å²) in [5.41, 5.74) is 7.96. The molecule has 0 saturated carbocycles. The second kappa shape index (κ2) is 4.76. The highest BCUT2D eigenvalue weighted by molar-refractivity contribution is 7.10. The summed E-state index contributed by atoms with van der Waals surface area (Å²) in [7, 11) is 0. The molecule has 1 aromatic heterocycles. The van der Waals surface area contributed by atoms with E-state index in [1.54, 1.807) is 23.5 Å². The molecule has 16 heavy (non-hydrogen) atoms. The van der Waals surface area contributed by atoms with Gasteiger partial charge in [0.2, 0.25) is 0 Å². The maximum absolute atomic E-state index is 13.4. The molecule has 1 nitrogen and oxygen atoms in total. The van der Waals surface area contributed by atoms with E-state index in [0.717, 1.165) is 4.88 Å². The second-order valence-electron chi connectivity index (χ2n) is 3.87. The Morgan fingerprint density at radius 3 is 2.69 bits per heavy atom. The largest absolute Gasteiger partial charge is 0.323 e. The third kappa shape index (κ3) is 2.31. The molecule has 0 aliphatic heterocycles. The van der Waals surface area contributed by atoms with Crippen LogP contribution in [0.4, 0.5) is 4.39 Å². The van der Waals surface area contributed by atoms with Gasteiger partial charge in [0, 0.05) is 10.9 Å². The van der Waals surface area contributed by atoms with E-state index in [2.05, 4.69) is 0 Å². The molecule has 2 aromatic rings. The number of thiophene rings is 1. The summed E-state index contributed by atoms with van der Waals surface area (Å²) >= 11 is 1.64. The minimum Gasteiger partial charge on any atom is -0.323 e. The van der Waals surface area contributed by atoms with Crippen LogP contribution in [0, 0.1) is 12.7 Å². The topological polar surface area (TPSA) is 26.0 Å². The number of hydrogen-bond donors (Lipinski definition) is 1. The van der Waals surface area contributed by atoms with Crippen molar-refractivity contribution in [1.29, 1.82) is 0 Å². The van der Waals surface area contributed by atoms with Crippen LogP contribution in [0.2, 0.25) is 0 Å². The smallest absolute Gasteiger partial charge is 0.126 e. The van der Waals surface area contributed by atoms with Crippen molar-refractivity contribution in [2.24, 2.45) is 5.73 Å². The molecule has 1 atom stereocenters. The molecule has 0 saturated heterocycles. The van der Waals surface area contributed by atoms with Crippen LogP contribution in [0.3, 0.4) is 0 Å². The number of halogens is 1. The predicted octanol–water partition coefficient (Wildman–Crippen LogP) is 3.44. The Labute approximate surface area is 98.7 Å². The van der Waals surface area contributed by atoms with Crippen LogP contribution in [-0.4, -0.2) is 0 Å². The Morgan fingerprint density at radius 2 is 2.06 bits per heavy atom. The Kier molecular flexibility index (Phi) is 3.36. The molecule has 0 bridgehead atoms. The van der Waals surface area contributed by atoms with Gasteiger partial charge in [-0.2, -0.15) is 0 Å². The first kappa shape index (κ1) is 11.3. The van der Waals surface area contributed by atoms with E-state index in [1.165, 1.54) is 11.6 Å². The first-order valence-electron chi connectivity index (χ1n) is 5.21. The molecule has 0 fully saturated rings. The molecular formula is C13H14FNS. The molecule has 0 spiro atoms. The lowest BCUT2D eigenvalue weighted by atomic mass is 10.0. The van der Waals surface area contributed by atoms with Crippen molar-refractivity contribution >= 4 is 11.3 Å². The van der Waals surface area contributed by atoms with Crippen molar-refractivity contribution in [3.05, 3.63) is 57.5 Å². The molecule has 0 amide bonds. The molecule has 2 N–H and O–H groups in total. The summed E-state index contributed by atoms with van der Waals surface area (Å²) in [5, 5.41) is 2.02. The van der Waals surface area contributed by atoms with E-state index >= 15 is 0 Å². The van der Waals surface area contributed by atoms with Crippen molar-refractivity contribution in [2.75, 3.05) is 0 Å². The normalized spacial score (nSPS) is 12.7. The highest BCUT2D eigenvalue weighted by Gasteiger charge is 2.12. The Hall–Kier alpha value is -1.19. The van der Waals surface area contributed by atoms with Gasteiger partial charge in [-0.1, -0.05) is 18.2 Å². The highest BCUT2D eigenvalue weighted by Crippen LogP contribution is 2.25. The third-order valence-corrected chi connectivity index (χ3v) is 3.79. The molecule has 2 rings (SSSR count). The average Bonchev–Trinajstić information content (AvgIpc) is 2.68. The zero-order valence-electron chi connectivity index (χ0n) is 9.11. The molecular weight excluding hydrogens is 221 g/mol. The van der Waals surface area contributed by atoms with Crippen molar-refractivity contribution < 1.29 is 4.39 Å². The lowest BCUT2D eigenvalue weighted by Gasteiger charge is -2.11. The summed E-state index contributed by atoms with van der Waals surface area (Å²) in [5.74, 6) is -0.174. The Morgan fingerprint density at radius 1 is 1.31 bits per heavy atom. The van der Waals surface area contributed by atoms with E-state index in [0.29, 0.717) is 12.0 Å². The number of nitrogens with two attached hydrogens (primary N) is 1. The third-order valence-electron chi connectivity index (χ3n) is 2.64. The van der Waals surface area contributed by atoms with E-state index in [-0.39, 0.29) is 11.9 Å². The molecule has 1 unspecified atom stereocenters. The predicted molar refractivity (Wildman–Crippen MR) is 66.1 cm³/mol. The van der Waals surface area contributed by atoms with Crippen molar-refractivity contribution in [2.45, 2.75) is 19.4 Å². The minimum absolute atomic E-state index is 0.114. The number of aryl methyl sites for hydroxylation is 1. The standard InChI is InChI=1S/C13H14FNS/c1-9-6-7-16-13(9)12(15)8-10-4-2-3-5-11(10)14/h2-7,12H,8,15H2,1H3. The molecule has 1 aromatic carbocycles. The molecule has 0 aliphatic carbocycles. The number of hydrogen-bond acceptors (Lipinski definition) is 2. The van der Waals surface area contributed by atoms with Crippen LogP contribution < -0.4 is 5.73 Å². The summed E-state index contributed by atoms with van der Waals surface area (Å²) in [6.07, 6.45) is 0.550. The van der Waals surface area contributed by atoms with Crippen LogP contribution in [-0.2, 0) is 6.42 Å².